The first-order chi connectivity index (χ1) is 12.5. The van der Waals surface area contributed by atoms with Crippen LogP contribution in [0.15, 0.2) is 48.5 Å². The Bertz CT molecular complexity index is 748. The molecule has 2 rings (SSSR count). The Kier molecular flexibility index (Phi) is 7.89. The Balaban J connectivity index is 0.00000392. The lowest BCUT2D eigenvalue weighted by Gasteiger charge is -2.23. The van der Waals surface area contributed by atoms with Crippen molar-refractivity contribution in [1.82, 2.24) is 4.90 Å². The van der Waals surface area contributed by atoms with E-state index in [0.717, 1.165) is 29.2 Å². The smallest absolute Gasteiger partial charge is 0.333 e. The number of hydrogen-bond acceptors (Lipinski definition) is 2. The summed E-state index contributed by atoms with van der Waals surface area (Å²) in [7, 11) is 0. The highest BCUT2D eigenvalue weighted by Gasteiger charge is 2.31. The van der Waals surface area contributed by atoms with Crippen molar-refractivity contribution in [2.45, 2.75) is 25.4 Å². The van der Waals surface area contributed by atoms with Gasteiger partial charge >= 0.3 is 12.4 Å². The molecule has 0 bridgehead atoms. The Labute approximate surface area is 163 Å². The molecule has 0 saturated carbocycles. The monoisotopic (exact) mass is 426 g/mol. The number of nitrogens with two attached hydrogens (primary N) is 1. The summed E-state index contributed by atoms with van der Waals surface area (Å²) in [6.45, 7) is -0.843. The first-order valence-corrected chi connectivity index (χ1v) is 7.81. The van der Waals surface area contributed by atoms with Crippen molar-refractivity contribution in [3.63, 3.8) is 0 Å². The van der Waals surface area contributed by atoms with Crippen LogP contribution in [0.5, 0.6) is 0 Å². The summed E-state index contributed by atoms with van der Waals surface area (Å²) in [6, 6.07) is 8.78. The first kappa shape index (κ1) is 23.8. The van der Waals surface area contributed by atoms with Crippen molar-refractivity contribution in [2.24, 2.45) is 5.73 Å². The average molecular weight is 427 g/mol. The van der Waals surface area contributed by atoms with Crippen LogP contribution in [0.2, 0.25) is 0 Å². The fraction of sp³-hybridized carbons (Fsp3) is 0.278. The summed E-state index contributed by atoms with van der Waals surface area (Å²) in [6.07, 6.45) is -9.08. The predicted molar refractivity (Wildman–Crippen MR) is 93.4 cm³/mol. The summed E-state index contributed by atoms with van der Waals surface area (Å²) < 4.78 is 77.0. The summed E-state index contributed by atoms with van der Waals surface area (Å²) in [5.74, 6) is -0.593. The summed E-state index contributed by atoms with van der Waals surface area (Å²) in [5, 5.41) is 0. The molecule has 0 aliphatic heterocycles. The van der Waals surface area contributed by atoms with Gasteiger partial charge in [-0.05, 0) is 35.4 Å². The highest BCUT2D eigenvalue weighted by molar-refractivity contribution is 5.85. The zero-order valence-corrected chi connectivity index (χ0v) is 15.2. The molecule has 0 spiro atoms. The van der Waals surface area contributed by atoms with Crippen LogP contribution in [0.1, 0.15) is 22.3 Å². The van der Waals surface area contributed by atoms with Gasteiger partial charge in [0.25, 0.3) is 0 Å². The standard InChI is InChI=1S/C18H16F6N2O.ClH/c19-17(20,21)14-5-1-3-12(7-14)10-26(16(27)9-25)11-13-4-2-6-15(8-13)18(22,23)24;/h1-8H,9-11,25H2;1H. The zero-order valence-electron chi connectivity index (χ0n) is 14.3. The molecule has 0 radical (unpaired) electrons. The van der Waals surface area contributed by atoms with E-state index in [1.54, 1.807) is 0 Å². The molecule has 28 heavy (non-hydrogen) atoms. The van der Waals surface area contributed by atoms with Gasteiger partial charge in [-0.3, -0.25) is 4.79 Å². The van der Waals surface area contributed by atoms with Crippen molar-refractivity contribution < 1.29 is 31.1 Å². The van der Waals surface area contributed by atoms with Crippen LogP contribution < -0.4 is 5.73 Å². The fourth-order valence-corrected chi connectivity index (χ4v) is 2.49. The number of benzene rings is 2. The molecule has 0 fully saturated rings. The molecule has 0 aliphatic carbocycles. The number of rotatable bonds is 5. The van der Waals surface area contributed by atoms with Gasteiger partial charge in [0.15, 0.2) is 0 Å². The fourth-order valence-electron chi connectivity index (χ4n) is 2.49. The first-order valence-electron chi connectivity index (χ1n) is 7.81. The van der Waals surface area contributed by atoms with Gasteiger partial charge in [-0.2, -0.15) is 26.3 Å². The molecule has 0 saturated heterocycles. The van der Waals surface area contributed by atoms with Crippen LogP contribution in [0.4, 0.5) is 26.3 Å². The Morgan fingerprint density at radius 2 is 1.21 bits per heavy atom. The van der Waals surface area contributed by atoms with Gasteiger partial charge in [-0.25, -0.2) is 0 Å². The SMILES string of the molecule is Cl.NCC(=O)N(Cc1cccc(C(F)(F)F)c1)Cc1cccc(C(F)(F)F)c1. The number of carbonyl (C=O) groups excluding carboxylic acids is 1. The number of amides is 1. The van der Waals surface area contributed by atoms with Crippen LogP contribution in [-0.2, 0) is 30.2 Å². The number of hydrogen-bond donors (Lipinski definition) is 1. The lowest BCUT2D eigenvalue weighted by Crippen LogP contribution is -2.35. The van der Waals surface area contributed by atoms with Crippen molar-refractivity contribution in [3.05, 3.63) is 70.8 Å². The van der Waals surface area contributed by atoms with E-state index in [1.165, 1.54) is 24.3 Å². The minimum atomic E-state index is -4.54. The predicted octanol–water partition coefficient (Wildman–Crippen LogP) is 4.63. The highest BCUT2D eigenvalue weighted by atomic mass is 35.5. The molecule has 1 amide bonds. The third kappa shape index (κ3) is 6.42. The van der Waals surface area contributed by atoms with Crippen molar-refractivity contribution in [2.75, 3.05) is 6.54 Å². The summed E-state index contributed by atoms with van der Waals surface area (Å²) in [5.41, 5.74) is 3.96. The minimum Gasteiger partial charge on any atom is -0.333 e. The van der Waals surface area contributed by atoms with E-state index in [-0.39, 0.29) is 36.6 Å². The molecule has 2 aromatic carbocycles. The molecule has 0 atom stereocenters. The second-order valence-electron chi connectivity index (χ2n) is 5.85. The maximum Gasteiger partial charge on any atom is 0.416 e. The molecule has 0 heterocycles. The van der Waals surface area contributed by atoms with Gasteiger partial charge in [0.1, 0.15) is 0 Å². The van der Waals surface area contributed by atoms with Crippen LogP contribution in [0, 0.1) is 0 Å². The second kappa shape index (κ2) is 9.29. The number of carbonyl (C=O) groups is 1. The molecule has 0 unspecified atom stereocenters. The third-order valence-corrected chi connectivity index (χ3v) is 3.78. The minimum absolute atomic E-state index is 0. The lowest BCUT2D eigenvalue weighted by atomic mass is 10.1. The van der Waals surface area contributed by atoms with Gasteiger partial charge in [-0.15, -0.1) is 12.4 Å². The van der Waals surface area contributed by atoms with Crippen LogP contribution in [0.25, 0.3) is 0 Å². The van der Waals surface area contributed by atoms with Crippen LogP contribution in [0.3, 0.4) is 0 Å². The quantitative estimate of drug-likeness (QED) is 0.708. The molecule has 2 aromatic rings. The second-order valence-corrected chi connectivity index (χ2v) is 5.85. The van der Waals surface area contributed by atoms with E-state index in [1.807, 2.05) is 0 Å². The maximum absolute atomic E-state index is 12.8. The van der Waals surface area contributed by atoms with E-state index >= 15 is 0 Å². The zero-order chi connectivity index (χ0) is 20.2. The van der Waals surface area contributed by atoms with Gasteiger partial charge in [0.05, 0.1) is 17.7 Å². The molecule has 0 aromatic heterocycles. The van der Waals surface area contributed by atoms with Crippen molar-refractivity contribution >= 4 is 18.3 Å². The van der Waals surface area contributed by atoms with Crippen LogP contribution >= 0.6 is 12.4 Å². The van der Waals surface area contributed by atoms with Crippen LogP contribution in [-0.4, -0.2) is 17.4 Å². The largest absolute Gasteiger partial charge is 0.416 e. The van der Waals surface area contributed by atoms with E-state index in [9.17, 15) is 31.1 Å². The molecular formula is C18H17ClF6N2O. The molecule has 154 valence electrons. The van der Waals surface area contributed by atoms with Gasteiger partial charge in [0.2, 0.25) is 5.91 Å². The number of halogens is 7. The van der Waals surface area contributed by atoms with E-state index < -0.39 is 35.9 Å². The maximum atomic E-state index is 12.8. The molecular weight excluding hydrogens is 410 g/mol. The molecule has 3 nitrogen and oxygen atoms in total. The topological polar surface area (TPSA) is 46.3 Å². The van der Waals surface area contributed by atoms with Crippen molar-refractivity contribution in [1.29, 1.82) is 0 Å². The number of nitrogens with zero attached hydrogens (tertiary/aromatic N) is 1. The highest BCUT2D eigenvalue weighted by Crippen LogP contribution is 2.31. The van der Waals surface area contributed by atoms with Crippen molar-refractivity contribution in [3.8, 4) is 0 Å². The average Bonchev–Trinajstić information content (AvgIpc) is 2.59. The van der Waals surface area contributed by atoms with E-state index in [0.29, 0.717) is 0 Å². The normalized spacial score (nSPS) is 11.7. The molecule has 0 aliphatic rings. The summed E-state index contributed by atoms with van der Waals surface area (Å²) >= 11 is 0. The Morgan fingerprint density at radius 3 is 1.54 bits per heavy atom. The Morgan fingerprint density at radius 1 is 0.821 bits per heavy atom. The third-order valence-electron chi connectivity index (χ3n) is 3.78. The lowest BCUT2D eigenvalue weighted by molar-refractivity contribution is -0.138. The molecule has 2 N–H and O–H groups in total. The van der Waals surface area contributed by atoms with Gasteiger partial charge in [0, 0.05) is 13.1 Å². The molecule has 10 heteroatoms. The van der Waals surface area contributed by atoms with Gasteiger partial charge in [-0.1, -0.05) is 24.3 Å². The Hall–Kier alpha value is -2.26. The number of alkyl halides is 6. The summed E-state index contributed by atoms with van der Waals surface area (Å²) in [4.78, 5) is 13.2. The van der Waals surface area contributed by atoms with E-state index in [2.05, 4.69) is 0 Å². The van der Waals surface area contributed by atoms with E-state index in [4.69, 9.17) is 5.73 Å². The van der Waals surface area contributed by atoms with Gasteiger partial charge < -0.3 is 10.6 Å².